The van der Waals surface area contributed by atoms with E-state index in [9.17, 15) is 4.21 Å². The van der Waals surface area contributed by atoms with Gasteiger partial charge in [-0.2, -0.15) is 0 Å². The highest BCUT2D eigenvalue weighted by Gasteiger charge is 2.01. The SMILES string of the molecule is CCS(=O)c1cccc(Cl)n1. The Labute approximate surface area is 73.1 Å². The molecule has 1 rings (SSSR count). The van der Waals surface area contributed by atoms with E-state index in [4.69, 9.17) is 11.6 Å². The van der Waals surface area contributed by atoms with Crippen molar-refractivity contribution in [1.82, 2.24) is 4.98 Å². The highest BCUT2D eigenvalue weighted by molar-refractivity contribution is 7.84. The summed E-state index contributed by atoms with van der Waals surface area (Å²) in [5, 5.41) is 0.948. The van der Waals surface area contributed by atoms with Crippen molar-refractivity contribution in [2.24, 2.45) is 0 Å². The van der Waals surface area contributed by atoms with E-state index in [-0.39, 0.29) is 0 Å². The summed E-state index contributed by atoms with van der Waals surface area (Å²) >= 11 is 5.60. The van der Waals surface area contributed by atoms with Gasteiger partial charge in [0.25, 0.3) is 0 Å². The van der Waals surface area contributed by atoms with Crippen LogP contribution in [0.5, 0.6) is 0 Å². The van der Waals surface area contributed by atoms with Crippen molar-refractivity contribution < 1.29 is 4.21 Å². The van der Waals surface area contributed by atoms with Crippen molar-refractivity contribution in [3.8, 4) is 0 Å². The second kappa shape index (κ2) is 3.83. The second-order valence-corrected chi connectivity index (χ2v) is 4.01. The smallest absolute Gasteiger partial charge is 0.130 e. The number of halogens is 1. The molecule has 0 aromatic carbocycles. The topological polar surface area (TPSA) is 30.0 Å². The van der Waals surface area contributed by atoms with Crippen LogP contribution in [0.2, 0.25) is 5.15 Å². The molecule has 0 aliphatic rings. The molecule has 0 saturated heterocycles. The average molecular weight is 190 g/mol. The molecule has 11 heavy (non-hydrogen) atoms. The van der Waals surface area contributed by atoms with E-state index in [1.807, 2.05) is 6.92 Å². The predicted octanol–water partition coefficient (Wildman–Crippen LogP) is 1.86. The molecule has 1 aromatic heterocycles. The Hall–Kier alpha value is -0.410. The van der Waals surface area contributed by atoms with E-state index in [2.05, 4.69) is 4.98 Å². The van der Waals surface area contributed by atoms with Crippen molar-refractivity contribution in [3.63, 3.8) is 0 Å². The Morgan fingerprint density at radius 1 is 1.64 bits per heavy atom. The summed E-state index contributed by atoms with van der Waals surface area (Å²) in [6, 6.07) is 5.13. The quantitative estimate of drug-likeness (QED) is 0.665. The van der Waals surface area contributed by atoms with Gasteiger partial charge in [-0.25, -0.2) is 4.98 Å². The summed E-state index contributed by atoms with van der Waals surface area (Å²) in [5.74, 6) is 0.577. The van der Waals surface area contributed by atoms with Gasteiger partial charge < -0.3 is 0 Å². The van der Waals surface area contributed by atoms with Crippen LogP contribution in [0.1, 0.15) is 6.92 Å². The number of rotatable bonds is 2. The van der Waals surface area contributed by atoms with Gasteiger partial charge in [-0.05, 0) is 12.1 Å². The minimum Gasteiger partial charge on any atom is -0.253 e. The summed E-state index contributed by atoms with van der Waals surface area (Å²) in [5.41, 5.74) is 0. The first-order valence-electron chi connectivity index (χ1n) is 3.25. The second-order valence-electron chi connectivity index (χ2n) is 1.93. The summed E-state index contributed by atoms with van der Waals surface area (Å²) in [7, 11) is -0.996. The Balaban J connectivity index is 2.96. The monoisotopic (exact) mass is 189 g/mol. The molecule has 1 unspecified atom stereocenters. The number of pyridine rings is 1. The van der Waals surface area contributed by atoms with Gasteiger partial charge in [-0.15, -0.1) is 0 Å². The van der Waals surface area contributed by atoms with Crippen molar-refractivity contribution in [1.29, 1.82) is 0 Å². The lowest BCUT2D eigenvalue weighted by Gasteiger charge is -1.96. The molecule has 0 N–H and O–H groups in total. The predicted molar refractivity (Wildman–Crippen MR) is 46.2 cm³/mol. The number of aromatic nitrogens is 1. The van der Waals surface area contributed by atoms with Gasteiger partial charge in [0.1, 0.15) is 10.2 Å². The minimum absolute atomic E-state index is 0.393. The first kappa shape index (κ1) is 8.68. The first-order valence-corrected chi connectivity index (χ1v) is 4.94. The molecule has 60 valence electrons. The van der Waals surface area contributed by atoms with Crippen molar-refractivity contribution in [3.05, 3.63) is 23.4 Å². The van der Waals surface area contributed by atoms with Crippen molar-refractivity contribution in [2.45, 2.75) is 11.9 Å². The third-order valence-corrected chi connectivity index (χ3v) is 2.61. The minimum atomic E-state index is -0.996. The highest BCUT2D eigenvalue weighted by Crippen LogP contribution is 2.08. The van der Waals surface area contributed by atoms with Gasteiger partial charge in [-0.1, -0.05) is 24.6 Å². The lowest BCUT2D eigenvalue weighted by molar-refractivity contribution is 0.681. The van der Waals surface area contributed by atoms with E-state index < -0.39 is 10.8 Å². The van der Waals surface area contributed by atoms with Crippen LogP contribution in [0.4, 0.5) is 0 Å². The van der Waals surface area contributed by atoms with Crippen LogP contribution in [0.25, 0.3) is 0 Å². The Morgan fingerprint density at radius 3 is 2.91 bits per heavy atom. The van der Waals surface area contributed by atoms with Crippen LogP contribution in [0.15, 0.2) is 23.2 Å². The van der Waals surface area contributed by atoms with Gasteiger partial charge in [0.15, 0.2) is 0 Å². The standard InChI is InChI=1S/C7H8ClNOS/c1-2-11(10)7-5-3-4-6(8)9-7/h3-5H,2H2,1H3. The third kappa shape index (κ3) is 2.27. The third-order valence-electron chi connectivity index (χ3n) is 1.19. The molecule has 0 aliphatic carbocycles. The maximum atomic E-state index is 11.2. The molecule has 2 nitrogen and oxygen atoms in total. The average Bonchev–Trinajstić information content (AvgIpc) is 2.03. The molecular formula is C7H8ClNOS. The van der Waals surface area contributed by atoms with E-state index in [0.717, 1.165) is 0 Å². The van der Waals surface area contributed by atoms with Gasteiger partial charge >= 0.3 is 0 Å². The lowest BCUT2D eigenvalue weighted by Crippen LogP contribution is -1.96. The summed E-state index contributed by atoms with van der Waals surface area (Å²) < 4.78 is 11.2. The molecule has 1 atom stereocenters. The fourth-order valence-electron chi connectivity index (χ4n) is 0.664. The summed E-state index contributed by atoms with van der Waals surface area (Å²) in [6.45, 7) is 1.85. The summed E-state index contributed by atoms with van der Waals surface area (Å²) in [4.78, 5) is 3.91. The first-order chi connectivity index (χ1) is 5.24. The van der Waals surface area contributed by atoms with E-state index in [1.165, 1.54) is 0 Å². The van der Waals surface area contributed by atoms with Gasteiger partial charge in [0.2, 0.25) is 0 Å². The Kier molecular flexibility index (Phi) is 3.02. The van der Waals surface area contributed by atoms with Crippen LogP contribution >= 0.6 is 11.6 Å². The zero-order valence-electron chi connectivity index (χ0n) is 6.08. The molecular weight excluding hydrogens is 182 g/mol. The van der Waals surface area contributed by atoms with Crippen LogP contribution in [-0.2, 0) is 10.8 Å². The summed E-state index contributed by atoms with van der Waals surface area (Å²) in [6.07, 6.45) is 0. The van der Waals surface area contributed by atoms with Gasteiger partial charge in [0.05, 0.1) is 10.8 Å². The van der Waals surface area contributed by atoms with E-state index in [0.29, 0.717) is 15.9 Å². The maximum Gasteiger partial charge on any atom is 0.130 e. The van der Waals surface area contributed by atoms with Crippen LogP contribution in [0, 0.1) is 0 Å². The molecule has 0 aliphatic heterocycles. The molecule has 1 aromatic rings. The zero-order chi connectivity index (χ0) is 8.27. The number of hydrogen-bond acceptors (Lipinski definition) is 2. The zero-order valence-corrected chi connectivity index (χ0v) is 7.65. The van der Waals surface area contributed by atoms with Crippen LogP contribution in [-0.4, -0.2) is 14.9 Å². The Bertz CT molecular complexity index is 277. The van der Waals surface area contributed by atoms with Crippen molar-refractivity contribution >= 4 is 22.4 Å². The van der Waals surface area contributed by atoms with E-state index >= 15 is 0 Å². The maximum absolute atomic E-state index is 11.2. The number of hydrogen-bond donors (Lipinski definition) is 0. The molecule has 0 saturated carbocycles. The number of nitrogens with zero attached hydrogens (tertiary/aromatic N) is 1. The fourth-order valence-corrected chi connectivity index (χ4v) is 1.60. The molecule has 0 spiro atoms. The van der Waals surface area contributed by atoms with Crippen LogP contribution in [0.3, 0.4) is 0 Å². The van der Waals surface area contributed by atoms with E-state index in [1.54, 1.807) is 18.2 Å². The fraction of sp³-hybridized carbons (Fsp3) is 0.286. The molecule has 0 bridgehead atoms. The Morgan fingerprint density at radius 2 is 2.36 bits per heavy atom. The molecule has 4 heteroatoms. The van der Waals surface area contributed by atoms with Gasteiger partial charge in [0, 0.05) is 5.75 Å². The normalized spacial score (nSPS) is 12.9. The van der Waals surface area contributed by atoms with Crippen LogP contribution < -0.4 is 0 Å². The molecule has 1 heterocycles. The largest absolute Gasteiger partial charge is 0.253 e. The lowest BCUT2D eigenvalue weighted by atomic mass is 10.5. The van der Waals surface area contributed by atoms with Gasteiger partial charge in [-0.3, -0.25) is 4.21 Å². The highest BCUT2D eigenvalue weighted by atomic mass is 35.5. The van der Waals surface area contributed by atoms with Crippen molar-refractivity contribution in [2.75, 3.05) is 5.75 Å². The molecule has 0 radical (unpaired) electrons. The molecule has 0 amide bonds. The molecule has 0 fully saturated rings.